The summed E-state index contributed by atoms with van der Waals surface area (Å²) in [6.45, 7) is 2.39. The molecule has 1 saturated carbocycles. The first kappa shape index (κ1) is 26.0. The van der Waals surface area contributed by atoms with E-state index in [-0.39, 0.29) is 12.0 Å². The van der Waals surface area contributed by atoms with E-state index in [2.05, 4.69) is 27.7 Å². The predicted octanol–water partition coefficient (Wildman–Crippen LogP) is 3.06. The van der Waals surface area contributed by atoms with Crippen LogP contribution in [-0.2, 0) is 22.4 Å². The van der Waals surface area contributed by atoms with Crippen LogP contribution < -0.4 is 10.6 Å². The van der Waals surface area contributed by atoms with E-state index >= 15 is 0 Å². The zero-order chi connectivity index (χ0) is 25.5. The molecule has 9 heteroatoms. The van der Waals surface area contributed by atoms with Crippen LogP contribution in [0.4, 0.5) is 10.2 Å². The highest BCUT2D eigenvalue weighted by Crippen LogP contribution is 2.28. The fourth-order valence-electron chi connectivity index (χ4n) is 4.65. The van der Waals surface area contributed by atoms with Gasteiger partial charge in [0.1, 0.15) is 17.7 Å². The number of amides is 1. The summed E-state index contributed by atoms with van der Waals surface area (Å²) in [5, 5.41) is 25.7. The number of hydrogen-bond acceptors (Lipinski definition) is 6. The van der Waals surface area contributed by atoms with E-state index in [0.717, 1.165) is 81.7 Å². The van der Waals surface area contributed by atoms with Gasteiger partial charge >= 0.3 is 5.97 Å². The molecule has 2 aliphatic rings. The van der Waals surface area contributed by atoms with Gasteiger partial charge in [-0.05, 0) is 87.2 Å². The number of halogens is 1. The molecule has 1 aliphatic heterocycles. The molecule has 36 heavy (non-hydrogen) atoms. The van der Waals surface area contributed by atoms with Crippen molar-refractivity contribution in [3.63, 3.8) is 0 Å². The number of aryl methyl sites for hydroxylation is 2. The molecule has 1 unspecified atom stereocenters. The minimum atomic E-state index is -1.56. The van der Waals surface area contributed by atoms with Crippen LogP contribution in [0.25, 0.3) is 0 Å². The van der Waals surface area contributed by atoms with Crippen LogP contribution in [-0.4, -0.2) is 63.7 Å². The first-order valence-electron chi connectivity index (χ1n) is 12.8. The normalized spacial score (nSPS) is 16.6. The molecule has 194 valence electrons. The summed E-state index contributed by atoms with van der Waals surface area (Å²) in [7, 11) is 0. The van der Waals surface area contributed by atoms with Crippen molar-refractivity contribution >= 4 is 17.7 Å². The number of rotatable bonds is 13. The van der Waals surface area contributed by atoms with Crippen LogP contribution in [0, 0.1) is 5.82 Å². The van der Waals surface area contributed by atoms with Crippen LogP contribution in [0.2, 0.25) is 0 Å². The van der Waals surface area contributed by atoms with Gasteiger partial charge in [0.05, 0.1) is 0 Å². The highest BCUT2D eigenvalue weighted by Gasteiger charge is 2.31. The Morgan fingerprint density at radius 2 is 1.92 bits per heavy atom. The second-order valence-corrected chi connectivity index (χ2v) is 9.71. The summed E-state index contributed by atoms with van der Waals surface area (Å²) in [5.74, 6) is -1.41. The number of nitrogens with zero attached hydrogens (tertiary/aromatic N) is 2. The summed E-state index contributed by atoms with van der Waals surface area (Å²) in [6.07, 6.45) is 6.00. The van der Waals surface area contributed by atoms with E-state index in [1.54, 1.807) is 0 Å². The first-order chi connectivity index (χ1) is 17.4. The van der Waals surface area contributed by atoms with Gasteiger partial charge in [0.2, 0.25) is 0 Å². The summed E-state index contributed by atoms with van der Waals surface area (Å²) in [4.78, 5) is 31.3. The highest BCUT2D eigenvalue weighted by atomic mass is 19.1. The van der Waals surface area contributed by atoms with Gasteiger partial charge in [-0.15, -0.1) is 0 Å². The minimum absolute atomic E-state index is 0.210. The average molecular weight is 499 g/mol. The Bertz CT molecular complexity index is 1040. The van der Waals surface area contributed by atoms with Gasteiger partial charge in [-0.3, -0.25) is 4.79 Å². The maximum atomic E-state index is 13.1. The van der Waals surface area contributed by atoms with Gasteiger partial charge in [-0.1, -0.05) is 18.2 Å². The predicted molar refractivity (Wildman–Crippen MR) is 134 cm³/mol. The average Bonchev–Trinajstić information content (AvgIpc) is 3.72. The molecule has 0 spiro atoms. The molecular weight excluding hydrogens is 463 g/mol. The van der Waals surface area contributed by atoms with Gasteiger partial charge in [0.25, 0.3) is 5.91 Å². The number of nitrogens with one attached hydrogen (secondary N) is 2. The second kappa shape index (κ2) is 12.3. The van der Waals surface area contributed by atoms with Crippen molar-refractivity contribution in [3.8, 4) is 0 Å². The fourth-order valence-corrected chi connectivity index (χ4v) is 4.65. The number of aliphatic hydroxyl groups is 1. The number of hydrogen-bond donors (Lipinski definition) is 4. The number of aliphatic carboxylic acids is 1. The first-order valence-corrected chi connectivity index (χ1v) is 12.8. The van der Waals surface area contributed by atoms with E-state index in [1.807, 2.05) is 0 Å². The van der Waals surface area contributed by atoms with Crippen LogP contribution in [0.15, 0.2) is 36.4 Å². The molecule has 4 N–H and O–H groups in total. The minimum Gasteiger partial charge on any atom is -0.480 e. The molecule has 0 bridgehead atoms. The molecule has 1 aromatic heterocycles. The number of carboxylic acids is 1. The Balaban J connectivity index is 1.23. The SMILES string of the molecule is O=C(N[C@@H](CCN(CCCCc1ccc2c(n1)NCCC2)C1CC1)C(=O)O)C(O)c1ccc(F)cc1. The van der Waals surface area contributed by atoms with Gasteiger partial charge in [-0.25, -0.2) is 14.2 Å². The van der Waals surface area contributed by atoms with Crippen molar-refractivity contribution in [2.45, 2.75) is 69.6 Å². The molecule has 1 aliphatic carbocycles. The number of benzene rings is 1. The number of unbranched alkanes of at least 4 members (excludes halogenated alkanes) is 1. The quantitative estimate of drug-likeness (QED) is 0.314. The molecule has 8 nitrogen and oxygen atoms in total. The van der Waals surface area contributed by atoms with E-state index in [0.29, 0.717) is 12.6 Å². The molecule has 2 heterocycles. The molecule has 4 rings (SSSR count). The highest BCUT2D eigenvalue weighted by molar-refractivity contribution is 5.86. The van der Waals surface area contributed by atoms with Crippen molar-refractivity contribution < 1.29 is 24.2 Å². The zero-order valence-electron chi connectivity index (χ0n) is 20.5. The van der Waals surface area contributed by atoms with E-state index in [4.69, 9.17) is 4.98 Å². The van der Waals surface area contributed by atoms with Crippen LogP contribution in [0.3, 0.4) is 0 Å². The van der Waals surface area contributed by atoms with Crippen LogP contribution >= 0.6 is 0 Å². The number of carboxylic acid groups (broad SMARTS) is 1. The monoisotopic (exact) mass is 498 g/mol. The second-order valence-electron chi connectivity index (χ2n) is 9.71. The topological polar surface area (TPSA) is 115 Å². The number of carbonyl (C=O) groups excluding carboxylic acids is 1. The number of fused-ring (bicyclic) bond motifs is 1. The molecule has 1 amide bonds. The summed E-state index contributed by atoms with van der Waals surface area (Å²) >= 11 is 0. The number of pyridine rings is 1. The number of aromatic nitrogens is 1. The summed E-state index contributed by atoms with van der Waals surface area (Å²) in [6, 6.07) is 8.55. The molecule has 0 radical (unpaired) electrons. The summed E-state index contributed by atoms with van der Waals surface area (Å²) in [5.41, 5.74) is 2.59. The van der Waals surface area contributed by atoms with Crippen molar-refractivity contribution in [2.75, 3.05) is 25.0 Å². The Hall–Kier alpha value is -3.04. The van der Waals surface area contributed by atoms with Crippen LogP contribution in [0.1, 0.15) is 61.4 Å². The van der Waals surface area contributed by atoms with E-state index < -0.39 is 29.8 Å². The standard InChI is InChI=1S/C27H35FN4O4/c28-20-9-6-18(7-10-20)24(33)26(34)31-23(27(35)36)14-17-32(22-12-13-22)16-2-1-5-21-11-8-19-4-3-15-29-25(19)30-21/h6-11,22-24,33H,1-5,12-17H2,(H,29,30)(H,31,34)(H,35,36)/t23-,24?/m0/s1. The van der Waals surface area contributed by atoms with Gasteiger partial charge in [0.15, 0.2) is 6.10 Å². The lowest BCUT2D eigenvalue weighted by molar-refractivity contribution is -0.143. The molecular formula is C27H35FN4O4. The lowest BCUT2D eigenvalue weighted by atomic mass is 10.1. The lowest BCUT2D eigenvalue weighted by Gasteiger charge is -2.24. The molecule has 1 fully saturated rings. The van der Waals surface area contributed by atoms with Gasteiger partial charge in [0, 0.05) is 24.8 Å². The Morgan fingerprint density at radius 1 is 1.14 bits per heavy atom. The van der Waals surface area contributed by atoms with Gasteiger partial charge in [-0.2, -0.15) is 0 Å². The van der Waals surface area contributed by atoms with Crippen molar-refractivity contribution in [1.29, 1.82) is 0 Å². The summed E-state index contributed by atoms with van der Waals surface area (Å²) < 4.78 is 13.1. The maximum absolute atomic E-state index is 13.1. The molecule has 2 atom stereocenters. The molecule has 2 aromatic rings. The third kappa shape index (κ3) is 7.24. The smallest absolute Gasteiger partial charge is 0.326 e. The van der Waals surface area contributed by atoms with Crippen molar-refractivity contribution in [3.05, 3.63) is 59.0 Å². The largest absolute Gasteiger partial charge is 0.480 e. The fraction of sp³-hybridized carbons (Fsp3) is 0.519. The number of anilines is 1. The van der Waals surface area contributed by atoms with E-state index in [9.17, 15) is 24.2 Å². The lowest BCUT2D eigenvalue weighted by Crippen LogP contribution is -2.45. The van der Waals surface area contributed by atoms with Crippen LogP contribution in [0.5, 0.6) is 0 Å². The van der Waals surface area contributed by atoms with Crippen molar-refractivity contribution in [1.82, 2.24) is 15.2 Å². The van der Waals surface area contributed by atoms with Crippen molar-refractivity contribution in [2.24, 2.45) is 0 Å². The third-order valence-corrected chi connectivity index (χ3v) is 6.90. The van der Waals surface area contributed by atoms with E-state index in [1.165, 1.54) is 17.7 Å². The Morgan fingerprint density at radius 3 is 2.64 bits per heavy atom. The Labute approximate surface area is 210 Å². The molecule has 0 saturated heterocycles. The maximum Gasteiger partial charge on any atom is 0.326 e. The van der Waals surface area contributed by atoms with Gasteiger partial charge < -0.3 is 25.7 Å². The zero-order valence-corrected chi connectivity index (χ0v) is 20.5. The molecule has 1 aromatic carbocycles. The number of carbonyl (C=O) groups is 2. The Kier molecular flexibility index (Phi) is 8.88. The number of aliphatic hydroxyl groups excluding tert-OH is 1. The third-order valence-electron chi connectivity index (χ3n) is 6.90.